The zero-order valence-corrected chi connectivity index (χ0v) is 16.7. The SMILES string of the molecule is COc1ccc(N2CCN(C(=O)NCc3ccc4c(c3)CCO4)[C@H](C)C2=O)cc1. The highest BCUT2D eigenvalue weighted by Crippen LogP contribution is 2.26. The summed E-state index contributed by atoms with van der Waals surface area (Å²) in [6.07, 6.45) is 0.899. The Morgan fingerprint density at radius 3 is 2.76 bits per heavy atom. The van der Waals surface area contributed by atoms with Crippen molar-refractivity contribution in [3.63, 3.8) is 0 Å². The molecule has 2 aliphatic rings. The van der Waals surface area contributed by atoms with Crippen molar-refractivity contribution in [2.75, 3.05) is 31.7 Å². The molecular weight excluding hydrogens is 370 g/mol. The average molecular weight is 395 g/mol. The van der Waals surface area contributed by atoms with Crippen molar-refractivity contribution in [1.82, 2.24) is 10.2 Å². The lowest BCUT2D eigenvalue weighted by atomic mass is 10.1. The van der Waals surface area contributed by atoms with Crippen molar-refractivity contribution in [3.05, 3.63) is 53.6 Å². The van der Waals surface area contributed by atoms with Gasteiger partial charge in [-0.05, 0) is 48.4 Å². The summed E-state index contributed by atoms with van der Waals surface area (Å²) >= 11 is 0. The lowest BCUT2D eigenvalue weighted by Gasteiger charge is -2.39. The van der Waals surface area contributed by atoms with Gasteiger partial charge in [-0.2, -0.15) is 0 Å². The van der Waals surface area contributed by atoms with E-state index >= 15 is 0 Å². The second-order valence-electron chi connectivity index (χ2n) is 7.26. The maximum absolute atomic E-state index is 12.9. The maximum Gasteiger partial charge on any atom is 0.318 e. The molecule has 2 aliphatic heterocycles. The summed E-state index contributed by atoms with van der Waals surface area (Å²) in [4.78, 5) is 28.9. The Labute approximate surface area is 170 Å². The first kappa shape index (κ1) is 19.1. The Kier molecular flexibility index (Phi) is 5.29. The minimum Gasteiger partial charge on any atom is -0.497 e. The van der Waals surface area contributed by atoms with E-state index in [1.54, 1.807) is 23.8 Å². The highest BCUT2D eigenvalue weighted by atomic mass is 16.5. The summed E-state index contributed by atoms with van der Waals surface area (Å²) in [6, 6.07) is 12.6. The third kappa shape index (κ3) is 3.85. The van der Waals surface area contributed by atoms with E-state index in [0.717, 1.165) is 29.2 Å². The molecule has 0 aromatic heterocycles. The highest BCUT2D eigenvalue weighted by Gasteiger charge is 2.35. The predicted octanol–water partition coefficient (Wildman–Crippen LogP) is 2.58. The lowest BCUT2D eigenvalue weighted by Crippen LogP contribution is -2.59. The molecule has 3 amide bonds. The molecule has 152 valence electrons. The molecule has 1 atom stereocenters. The van der Waals surface area contributed by atoms with Crippen LogP contribution in [0.25, 0.3) is 0 Å². The smallest absolute Gasteiger partial charge is 0.318 e. The Hall–Kier alpha value is -3.22. The van der Waals surface area contributed by atoms with E-state index in [1.165, 1.54) is 5.56 Å². The normalized spacial score (nSPS) is 18.3. The third-order valence-corrected chi connectivity index (χ3v) is 5.50. The van der Waals surface area contributed by atoms with Crippen molar-refractivity contribution in [2.24, 2.45) is 0 Å². The number of nitrogens with one attached hydrogen (secondary N) is 1. The van der Waals surface area contributed by atoms with Crippen LogP contribution in [-0.4, -0.2) is 49.7 Å². The van der Waals surface area contributed by atoms with Gasteiger partial charge < -0.3 is 24.6 Å². The molecule has 1 N–H and O–H groups in total. The molecular formula is C22H25N3O4. The minimum atomic E-state index is -0.528. The van der Waals surface area contributed by atoms with Gasteiger partial charge in [0.1, 0.15) is 17.5 Å². The van der Waals surface area contributed by atoms with Gasteiger partial charge in [-0.25, -0.2) is 4.79 Å². The molecule has 0 bridgehead atoms. The van der Waals surface area contributed by atoms with Gasteiger partial charge in [-0.1, -0.05) is 12.1 Å². The van der Waals surface area contributed by atoms with Gasteiger partial charge in [0.05, 0.1) is 13.7 Å². The van der Waals surface area contributed by atoms with Gasteiger partial charge in [0, 0.05) is 31.7 Å². The standard InChI is InChI=1S/C22H25N3O4/c1-15-21(26)25(18-4-6-19(28-2)7-5-18)11-10-24(15)22(27)23-14-16-3-8-20-17(13-16)9-12-29-20/h3-8,13,15H,9-12,14H2,1-2H3,(H,23,27)/t15-/m1/s1. The van der Waals surface area contributed by atoms with Gasteiger partial charge >= 0.3 is 6.03 Å². The fourth-order valence-electron chi connectivity index (χ4n) is 3.80. The van der Waals surface area contributed by atoms with Crippen LogP contribution in [0.2, 0.25) is 0 Å². The molecule has 2 heterocycles. The number of carbonyl (C=O) groups is 2. The zero-order valence-electron chi connectivity index (χ0n) is 16.7. The largest absolute Gasteiger partial charge is 0.497 e. The van der Waals surface area contributed by atoms with E-state index in [2.05, 4.69) is 11.4 Å². The molecule has 0 spiro atoms. The number of carbonyl (C=O) groups excluding carboxylic acids is 2. The summed E-state index contributed by atoms with van der Waals surface area (Å²) < 4.78 is 10.7. The molecule has 0 unspecified atom stereocenters. The number of fused-ring (bicyclic) bond motifs is 1. The number of methoxy groups -OCH3 is 1. The Morgan fingerprint density at radius 2 is 2.00 bits per heavy atom. The van der Waals surface area contributed by atoms with E-state index in [9.17, 15) is 9.59 Å². The number of urea groups is 1. The number of benzene rings is 2. The van der Waals surface area contributed by atoms with Gasteiger partial charge in [-0.3, -0.25) is 4.79 Å². The van der Waals surface area contributed by atoms with Gasteiger partial charge in [0.2, 0.25) is 5.91 Å². The number of hydrogen-bond donors (Lipinski definition) is 1. The van der Waals surface area contributed by atoms with E-state index in [1.807, 2.05) is 36.4 Å². The number of rotatable bonds is 4. The molecule has 7 nitrogen and oxygen atoms in total. The topological polar surface area (TPSA) is 71.1 Å². The quantitative estimate of drug-likeness (QED) is 0.864. The Morgan fingerprint density at radius 1 is 1.21 bits per heavy atom. The molecule has 0 radical (unpaired) electrons. The van der Waals surface area contributed by atoms with Crippen LogP contribution in [0.15, 0.2) is 42.5 Å². The highest BCUT2D eigenvalue weighted by molar-refractivity contribution is 6.00. The molecule has 1 fully saturated rings. The van der Waals surface area contributed by atoms with Gasteiger partial charge in [-0.15, -0.1) is 0 Å². The van der Waals surface area contributed by atoms with Crippen LogP contribution >= 0.6 is 0 Å². The predicted molar refractivity (Wildman–Crippen MR) is 109 cm³/mol. The van der Waals surface area contributed by atoms with Crippen molar-refractivity contribution >= 4 is 17.6 Å². The van der Waals surface area contributed by atoms with Gasteiger partial charge in [0.15, 0.2) is 0 Å². The van der Waals surface area contributed by atoms with Gasteiger partial charge in [0.25, 0.3) is 0 Å². The summed E-state index contributed by atoms with van der Waals surface area (Å²) in [5.41, 5.74) is 3.01. The number of piperazine rings is 1. The van der Waals surface area contributed by atoms with E-state index in [4.69, 9.17) is 9.47 Å². The molecule has 0 aliphatic carbocycles. The number of nitrogens with zero attached hydrogens (tertiary/aromatic N) is 2. The van der Waals surface area contributed by atoms with Crippen molar-refractivity contribution in [1.29, 1.82) is 0 Å². The zero-order chi connectivity index (χ0) is 20.4. The van der Waals surface area contributed by atoms with Crippen LogP contribution < -0.4 is 19.7 Å². The number of ether oxygens (including phenoxy) is 2. The molecule has 1 saturated heterocycles. The Bertz CT molecular complexity index is 913. The van der Waals surface area contributed by atoms with Crippen molar-refractivity contribution < 1.29 is 19.1 Å². The molecule has 0 saturated carbocycles. The van der Waals surface area contributed by atoms with Crippen LogP contribution in [0.3, 0.4) is 0 Å². The second-order valence-corrected chi connectivity index (χ2v) is 7.26. The fraction of sp³-hybridized carbons (Fsp3) is 0.364. The van der Waals surface area contributed by atoms with E-state index < -0.39 is 6.04 Å². The lowest BCUT2D eigenvalue weighted by molar-refractivity contribution is -0.124. The van der Waals surface area contributed by atoms with Crippen LogP contribution in [0.1, 0.15) is 18.1 Å². The summed E-state index contributed by atoms with van der Waals surface area (Å²) in [5.74, 6) is 1.57. The number of hydrogen-bond acceptors (Lipinski definition) is 4. The molecule has 2 aromatic rings. The second kappa shape index (κ2) is 8.03. The Balaban J connectivity index is 1.37. The van der Waals surface area contributed by atoms with E-state index in [-0.39, 0.29) is 11.9 Å². The summed E-state index contributed by atoms with van der Waals surface area (Å²) in [7, 11) is 1.61. The average Bonchev–Trinajstić information content (AvgIpc) is 3.22. The fourth-order valence-corrected chi connectivity index (χ4v) is 3.80. The molecule has 2 aromatic carbocycles. The maximum atomic E-state index is 12.9. The molecule has 4 rings (SSSR count). The van der Waals surface area contributed by atoms with E-state index in [0.29, 0.717) is 26.2 Å². The molecule has 7 heteroatoms. The first-order valence-corrected chi connectivity index (χ1v) is 9.81. The molecule has 29 heavy (non-hydrogen) atoms. The number of amides is 3. The van der Waals surface area contributed by atoms with Crippen LogP contribution in [0.5, 0.6) is 11.5 Å². The monoisotopic (exact) mass is 395 g/mol. The van der Waals surface area contributed by atoms with Crippen molar-refractivity contribution in [2.45, 2.75) is 25.9 Å². The van der Waals surface area contributed by atoms with Crippen LogP contribution in [0, 0.1) is 0 Å². The first-order valence-electron chi connectivity index (χ1n) is 9.81. The third-order valence-electron chi connectivity index (χ3n) is 5.50. The summed E-state index contributed by atoms with van der Waals surface area (Å²) in [5, 5.41) is 2.94. The summed E-state index contributed by atoms with van der Waals surface area (Å²) in [6.45, 7) is 3.83. The van der Waals surface area contributed by atoms with Crippen LogP contribution in [0.4, 0.5) is 10.5 Å². The van der Waals surface area contributed by atoms with Crippen molar-refractivity contribution in [3.8, 4) is 11.5 Å². The van der Waals surface area contributed by atoms with Crippen LogP contribution in [-0.2, 0) is 17.8 Å². The number of anilines is 1. The first-order chi connectivity index (χ1) is 14.1. The minimum absolute atomic E-state index is 0.0914.